The lowest BCUT2D eigenvalue weighted by atomic mass is 10.1. The van der Waals surface area contributed by atoms with Crippen LogP contribution in [0.4, 0.5) is 28.4 Å². The third kappa shape index (κ3) is 6.74. The van der Waals surface area contributed by atoms with E-state index in [0.717, 1.165) is 16.3 Å². The summed E-state index contributed by atoms with van der Waals surface area (Å²) in [5, 5.41) is 8.73. The molecule has 0 saturated carbocycles. The van der Waals surface area contributed by atoms with Crippen molar-refractivity contribution in [3.63, 3.8) is 0 Å². The lowest BCUT2D eigenvalue weighted by molar-refractivity contribution is -0.120. The monoisotopic (exact) mass is 594 g/mol. The zero-order valence-electron chi connectivity index (χ0n) is 23.1. The number of anilines is 5. The Balaban J connectivity index is 1.24. The normalized spacial score (nSPS) is 12.7. The minimum atomic E-state index is -0.713. The van der Waals surface area contributed by atoms with Crippen molar-refractivity contribution in [3.8, 4) is 0 Å². The van der Waals surface area contributed by atoms with E-state index < -0.39 is 17.8 Å². The Morgan fingerprint density at radius 1 is 0.721 bits per heavy atom. The number of carbonyl (C=O) groups is 4. The van der Waals surface area contributed by atoms with Gasteiger partial charge in [0.1, 0.15) is 10.7 Å². The highest BCUT2D eigenvalue weighted by Gasteiger charge is 2.39. The molecule has 1 aliphatic heterocycles. The number of nitrogens with one attached hydrogen (secondary N) is 3. The van der Waals surface area contributed by atoms with Crippen molar-refractivity contribution >= 4 is 63.7 Å². The van der Waals surface area contributed by atoms with Crippen LogP contribution in [0.15, 0.2) is 114 Å². The first-order valence-corrected chi connectivity index (χ1v) is 13.9. The summed E-state index contributed by atoms with van der Waals surface area (Å²) in [5.41, 5.74) is 3.55. The Kier molecular flexibility index (Phi) is 8.83. The summed E-state index contributed by atoms with van der Waals surface area (Å²) in [5.74, 6) is -2.24. The molecule has 3 amide bonds. The van der Waals surface area contributed by atoms with Crippen molar-refractivity contribution in [2.45, 2.75) is 13.3 Å². The Morgan fingerprint density at radius 3 is 2.07 bits per heavy atom. The van der Waals surface area contributed by atoms with E-state index in [0.29, 0.717) is 35.5 Å². The molecule has 0 radical (unpaired) electrons. The van der Waals surface area contributed by atoms with Gasteiger partial charge in [-0.15, -0.1) is 0 Å². The van der Waals surface area contributed by atoms with Gasteiger partial charge in [-0.3, -0.25) is 14.4 Å². The van der Waals surface area contributed by atoms with E-state index in [1.807, 2.05) is 49.4 Å². The van der Waals surface area contributed by atoms with Gasteiger partial charge < -0.3 is 20.7 Å². The summed E-state index contributed by atoms with van der Waals surface area (Å²) in [6, 6.07) is 29.4. The van der Waals surface area contributed by atoms with Crippen LogP contribution < -0.4 is 20.9 Å². The number of rotatable bonds is 10. The Bertz CT molecular complexity index is 1700. The number of ether oxygens (including phenoxy) is 1. The van der Waals surface area contributed by atoms with Crippen LogP contribution >= 0.6 is 11.6 Å². The zero-order chi connectivity index (χ0) is 30.3. The SMILES string of the molecule is CCCOC(=O)c1ccc(N2C(=O)C(Cl)=C(Nc3cccc(C(=O)Nc4ccc(Nc5ccccc5)cc4)c3)C2=O)cc1. The van der Waals surface area contributed by atoms with Crippen LogP contribution in [0, 0.1) is 0 Å². The first-order valence-electron chi connectivity index (χ1n) is 13.5. The van der Waals surface area contributed by atoms with E-state index >= 15 is 0 Å². The largest absolute Gasteiger partial charge is 0.462 e. The summed E-state index contributed by atoms with van der Waals surface area (Å²) in [6.07, 6.45) is 0.690. The fraction of sp³-hybridized carbons (Fsp3) is 0.0909. The molecule has 1 heterocycles. The highest BCUT2D eigenvalue weighted by atomic mass is 35.5. The molecule has 5 rings (SSSR count). The Hall–Kier alpha value is -5.41. The van der Waals surface area contributed by atoms with E-state index in [4.69, 9.17) is 16.3 Å². The van der Waals surface area contributed by atoms with E-state index in [1.165, 1.54) is 24.3 Å². The summed E-state index contributed by atoms with van der Waals surface area (Å²) >= 11 is 6.28. The second kappa shape index (κ2) is 13.1. The maximum Gasteiger partial charge on any atom is 0.338 e. The molecular weight excluding hydrogens is 568 g/mol. The quantitative estimate of drug-likeness (QED) is 0.138. The molecule has 216 valence electrons. The summed E-state index contributed by atoms with van der Waals surface area (Å²) in [4.78, 5) is 52.1. The number of para-hydroxylation sites is 1. The smallest absolute Gasteiger partial charge is 0.338 e. The van der Waals surface area contributed by atoms with E-state index in [1.54, 1.807) is 36.4 Å². The van der Waals surface area contributed by atoms with Gasteiger partial charge in [-0.05, 0) is 85.3 Å². The summed E-state index contributed by atoms with van der Waals surface area (Å²) in [7, 11) is 0. The average Bonchev–Trinajstić information content (AvgIpc) is 3.24. The maximum absolute atomic E-state index is 13.2. The average molecular weight is 595 g/mol. The molecule has 0 bridgehead atoms. The predicted molar refractivity (Wildman–Crippen MR) is 167 cm³/mol. The van der Waals surface area contributed by atoms with Gasteiger partial charge in [0, 0.05) is 28.3 Å². The third-order valence-corrected chi connectivity index (χ3v) is 6.78. The number of nitrogens with zero attached hydrogens (tertiary/aromatic N) is 1. The second-order valence-corrected chi connectivity index (χ2v) is 9.92. The molecule has 0 saturated heterocycles. The molecule has 0 fully saturated rings. The lowest BCUT2D eigenvalue weighted by Crippen LogP contribution is -2.32. The lowest BCUT2D eigenvalue weighted by Gasteiger charge is -2.15. The highest BCUT2D eigenvalue weighted by molar-refractivity contribution is 6.53. The second-order valence-electron chi connectivity index (χ2n) is 9.55. The first kappa shape index (κ1) is 29.1. The number of hydrogen-bond donors (Lipinski definition) is 3. The van der Waals surface area contributed by atoms with Crippen LogP contribution in [0.5, 0.6) is 0 Å². The van der Waals surface area contributed by atoms with Crippen molar-refractivity contribution in [2.75, 3.05) is 27.5 Å². The topological polar surface area (TPSA) is 117 Å². The highest BCUT2D eigenvalue weighted by Crippen LogP contribution is 2.30. The maximum atomic E-state index is 13.2. The molecule has 43 heavy (non-hydrogen) atoms. The van der Waals surface area contributed by atoms with Gasteiger partial charge in [-0.2, -0.15) is 0 Å². The molecule has 10 heteroatoms. The molecule has 0 aromatic heterocycles. The Labute approximate surface area is 253 Å². The van der Waals surface area contributed by atoms with E-state index in [2.05, 4.69) is 16.0 Å². The van der Waals surface area contributed by atoms with Gasteiger partial charge in [0.2, 0.25) is 0 Å². The van der Waals surface area contributed by atoms with Gasteiger partial charge >= 0.3 is 5.97 Å². The molecule has 4 aromatic rings. The van der Waals surface area contributed by atoms with Crippen LogP contribution in [0.25, 0.3) is 0 Å². The van der Waals surface area contributed by atoms with Crippen LogP contribution in [0.3, 0.4) is 0 Å². The van der Waals surface area contributed by atoms with Crippen molar-refractivity contribution in [2.24, 2.45) is 0 Å². The number of halogens is 1. The molecule has 3 N–H and O–H groups in total. The van der Waals surface area contributed by atoms with Crippen LogP contribution in [-0.2, 0) is 14.3 Å². The van der Waals surface area contributed by atoms with Gasteiger partial charge in [0.15, 0.2) is 0 Å². The van der Waals surface area contributed by atoms with Crippen LogP contribution in [0.2, 0.25) is 0 Å². The fourth-order valence-corrected chi connectivity index (χ4v) is 4.49. The molecule has 4 aromatic carbocycles. The molecule has 0 atom stereocenters. The van der Waals surface area contributed by atoms with Gasteiger partial charge in [-0.25, -0.2) is 9.69 Å². The minimum absolute atomic E-state index is 0.128. The molecule has 1 aliphatic rings. The van der Waals surface area contributed by atoms with Crippen LogP contribution in [-0.4, -0.2) is 30.3 Å². The van der Waals surface area contributed by atoms with Gasteiger partial charge in [-0.1, -0.05) is 42.8 Å². The molecular formula is C33H27ClN4O5. The van der Waals surface area contributed by atoms with Crippen molar-refractivity contribution in [1.82, 2.24) is 0 Å². The standard InChI is InChI=1S/C33H27ClN4O5/c1-2-19-43-33(42)21-11-17-27(18-12-21)38-31(40)28(34)29(32(38)41)36-26-10-6-7-22(20-26)30(39)37-25-15-13-24(14-16-25)35-23-8-4-3-5-9-23/h3-18,20,35-36H,2,19H2,1H3,(H,37,39). The molecule has 9 nitrogen and oxygen atoms in total. The summed E-state index contributed by atoms with van der Waals surface area (Å²) in [6.45, 7) is 2.18. The predicted octanol–water partition coefficient (Wildman–Crippen LogP) is 6.69. The molecule has 0 spiro atoms. The number of carbonyl (C=O) groups excluding carboxylic acids is 4. The first-order chi connectivity index (χ1) is 20.8. The number of imide groups is 1. The Morgan fingerprint density at radius 2 is 1.37 bits per heavy atom. The van der Waals surface area contributed by atoms with Crippen molar-refractivity contribution in [1.29, 1.82) is 0 Å². The fourth-order valence-electron chi connectivity index (χ4n) is 4.28. The summed E-state index contributed by atoms with van der Waals surface area (Å²) < 4.78 is 5.11. The van der Waals surface area contributed by atoms with Gasteiger partial charge in [0.25, 0.3) is 17.7 Å². The van der Waals surface area contributed by atoms with Gasteiger partial charge in [0.05, 0.1) is 17.9 Å². The van der Waals surface area contributed by atoms with E-state index in [9.17, 15) is 19.2 Å². The third-order valence-electron chi connectivity index (χ3n) is 6.43. The van der Waals surface area contributed by atoms with E-state index in [-0.39, 0.29) is 22.3 Å². The van der Waals surface area contributed by atoms with Crippen molar-refractivity contribution in [3.05, 3.63) is 125 Å². The number of benzene rings is 4. The molecule has 0 aliphatic carbocycles. The van der Waals surface area contributed by atoms with Crippen molar-refractivity contribution < 1.29 is 23.9 Å². The number of hydrogen-bond acceptors (Lipinski definition) is 7. The number of amides is 3. The zero-order valence-corrected chi connectivity index (χ0v) is 23.9. The van der Waals surface area contributed by atoms with Crippen LogP contribution in [0.1, 0.15) is 34.1 Å². The minimum Gasteiger partial charge on any atom is -0.462 e. The molecule has 0 unspecified atom stereocenters. The number of esters is 1.